The lowest BCUT2D eigenvalue weighted by molar-refractivity contribution is 0.112. The standard InChI is InChI=1S/C15H11FN2O/c1-18-14-7-2-10(9-19)8-13(14)17-15(18)11-3-5-12(16)6-4-11/h2-9H,1H3. The Morgan fingerprint density at radius 1 is 1.16 bits per heavy atom. The van der Waals surface area contributed by atoms with Gasteiger partial charge in [-0.05, 0) is 42.5 Å². The molecule has 0 radical (unpaired) electrons. The summed E-state index contributed by atoms with van der Waals surface area (Å²) in [6.45, 7) is 0. The number of rotatable bonds is 2. The molecule has 0 atom stereocenters. The monoisotopic (exact) mass is 254 g/mol. The number of aryl methyl sites for hydroxylation is 1. The molecule has 4 heteroatoms. The number of halogens is 1. The van der Waals surface area contributed by atoms with Crippen molar-refractivity contribution in [2.24, 2.45) is 7.05 Å². The number of carbonyl (C=O) groups excluding carboxylic acids is 1. The molecule has 0 saturated carbocycles. The van der Waals surface area contributed by atoms with Gasteiger partial charge in [0, 0.05) is 18.2 Å². The van der Waals surface area contributed by atoms with Crippen LogP contribution in [0.5, 0.6) is 0 Å². The van der Waals surface area contributed by atoms with Crippen molar-refractivity contribution in [2.75, 3.05) is 0 Å². The van der Waals surface area contributed by atoms with Gasteiger partial charge in [0.1, 0.15) is 17.9 Å². The Hall–Kier alpha value is -2.49. The molecule has 19 heavy (non-hydrogen) atoms. The minimum atomic E-state index is -0.272. The van der Waals surface area contributed by atoms with Gasteiger partial charge in [-0.2, -0.15) is 0 Å². The Labute approximate surface area is 109 Å². The Balaban J connectivity index is 2.21. The van der Waals surface area contributed by atoms with Crippen LogP contribution in [0.15, 0.2) is 42.5 Å². The van der Waals surface area contributed by atoms with Crippen LogP contribution in [0, 0.1) is 5.82 Å². The SMILES string of the molecule is Cn1c(-c2ccc(F)cc2)nc2cc(C=O)ccc21. The first-order valence-corrected chi connectivity index (χ1v) is 5.86. The number of hydrogen-bond donors (Lipinski definition) is 0. The van der Waals surface area contributed by atoms with Crippen LogP contribution in [-0.2, 0) is 7.05 Å². The molecule has 0 aliphatic carbocycles. The first-order chi connectivity index (χ1) is 9.19. The maximum absolute atomic E-state index is 12.9. The van der Waals surface area contributed by atoms with Gasteiger partial charge in [0.05, 0.1) is 11.0 Å². The van der Waals surface area contributed by atoms with Crippen LogP contribution in [0.2, 0.25) is 0 Å². The van der Waals surface area contributed by atoms with Gasteiger partial charge in [0.25, 0.3) is 0 Å². The van der Waals surface area contributed by atoms with Crippen molar-refractivity contribution in [1.29, 1.82) is 0 Å². The molecule has 0 aliphatic rings. The molecule has 0 amide bonds. The van der Waals surface area contributed by atoms with E-state index in [9.17, 15) is 9.18 Å². The van der Waals surface area contributed by atoms with Crippen molar-refractivity contribution >= 4 is 17.3 Å². The first kappa shape index (κ1) is 11.6. The summed E-state index contributed by atoms with van der Waals surface area (Å²) in [6, 6.07) is 11.6. The molecular formula is C15H11FN2O. The third-order valence-electron chi connectivity index (χ3n) is 3.14. The zero-order valence-corrected chi connectivity index (χ0v) is 10.3. The molecule has 3 rings (SSSR count). The molecule has 0 spiro atoms. The second-order valence-corrected chi connectivity index (χ2v) is 4.37. The van der Waals surface area contributed by atoms with E-state index in [0.717, 1.165) is 28.7 Å². The van der Waals surface area contributed by atoms with Gasteiger partial charge in [-0.1, -0.05) is 0 Å². The van der Waals surface area contributed by atoms with Gasteiger partial charge in [0.2, 0.25) is 0 Å². The van der Waals surface area contributed by atoms with E-state index in [2.05, 4.69) is 4.98 Å². The molecule has 3 nitrogen and oxygen atoms in total. The molecule has 0 unspecified atom stereocenters. The highest BCUT2D eigenvalue weighted by molar-refractivity contribution is 5.87. The lowest BCUT2D eigenvalue weighted by Crippen LogP contribution is -1.92. The predicted octanol–water partition coefficient (Wildman–Crippen LogP) is 3.19. The molecule has 3 aromatic rings. The molecular weight excluding hydrogens is 243 g/mol. The van der Waals surface area contributed by atoms with Gasteiger partial charge in [-0.15, -0.1) is 0 Å². The topological polar surface area (TPSA) is 34.9 Å². The summed E-state index contributed by atoms with van der Waals surface area (Å²) in [7, 11) is 1.90. The fourth-order valence-electron chi connectivity index (χ4n) is 2.15. The Kier molecular flexibility index (Phi) is 2.63. The highest BCUT2D eigenvalue weighted by atomic mass is 19.1. The van der Waals surface area contributed by atoms with Crippen LogP contribution in [0.4, 0.5) is 4.39 Å². The lowest BCUT2D eigenvalue weighted by atomic mass is 10.2. The Morgan fingerprint density at radius 3 is 2.58 bits per heavy atom. The molecule has 0 aliphatic heterocycles. The minimum Gasteiger partial charge on any atom is -0.327 e. The largest absolute Gasteiger partial charge is 0.327 e. The lowest BCUT2D eigenvalue weighted by Gasteiger charge is -2.02. The third kappa shape index (κ3) is 1.91. The number of benzene rings is 2. The van der Waals surface area contributed by atoms with E-state index in [0.29, 0.717) is 5.56 Å². The zero-order valence-electron chi connectivity index (χ0n) is 10.3. The molecule has 0 N–H and O–H groups in total. The van der Waals surface area contributed by atoms with Crippen LogP contribution in [0.3, 0.4) is 0 Å². The summed E-state index contributed by atoms with van der Waals surface area (Å²) in [5.74, 6) is 0.476. The molecule has 0 fully saturated rings. The van der Waals surface area contributed by atoms with Gasteiger partial charge >= 0.3 is 0 Å². The smallest absolute Gasteiger partial charge is 0.150 e. The van der Waals surface area contributed by atoms with Crippen molar-refractivity contribution in [3.05, 3.63) is 53.8 Å². The van der Waals surface area contributed by atoms with E-state index in [1.807, 2.05) is 17.7 Å². The van der Waals surface area contributed by atoms with Crippen LogP contribution in [0.1, 0.15) is 10.4 Å². The summed E-state index contributed by atoms with van der Waals surface area (Å²) in [5.41, 5.74) is 3.13. The number of aldehydes is 1. The van der Waals surface area contributed by atoms with E-state index < -0.39 is 0 Å². The van der Waals surface area contributed by atoms with Gasteiger partial charge in [0.15, 0.2) is 0 Å². The minimum absolute atomic E-state index is 0.272. The molecule has 2 aromatic carbocycles. The predicted molar refractivity (Wildman–Crippen MR) is 71.5 cm³/mol. The fraction of sp³-hybridized carbons (Fsp3) is 0.0667. The summed E-state index contributed by atoms with van der Waals surface area (Å²) in [4.78, 5) is 15.3. The molecule has 1 heterocycles. The normalized spacial score (nSPS) is 10.8. The van der Waals surface area contributed by atoms with E-state index in [4.69, 9.17) is 0 Å². The van der Waals surface area contributed by atoms with Crippen LogP contribution < -0.4 is 0 Å². The number of aromatic nitrogens is 2. The molecule has 0 saturated heterocycles. The van der Waals surface area contributed by atoms with Crippen molar-refractivity contribution in [3.8, 4) is 11.4 Å². The van der Waals surface area contributed by atoms with E-state index in [1.54, 1.807) is 24.3 Å². The number of carbonyl (C=O) groups is 1. The molecule has 0 bridgehead atoms. The summed E-state index contributed by atoms with van der Waals surface area (Å²) < 4.78 is 14.9. The van der Waals surface area contributed by atoms with Crippen molar-refractivity contribution in [3.63, 3.8) is 0 Å². The fourth-order valence-corrected chi connectivity index (χ4v) is 2.15. The van der Waals surface area contributed by atoms with Crippen molar-refractivity contribution < 1.29 is 9.18 Å². The number of imidazole rings is 1. The zero-order chi connectivity index (χ0) is 13.4. The van der Waals surface area contributed by atoms with Crippen LogP contribution in [0.25, 0.3) is 22.4 Å². The maximum Gasteiger partial charge on any atom is 0.150 e. The summed E-state index contributed by atoms with van der Waals surface area (Å²) in [6.07, 6.45) is 0.797. The van der Waals surface area contributed by atoms with E-state index in [-0.39, 0.29) is 5.82 Å². The summed E-state index contributed by atoms with van der Waals surface area (Å²) in [5, 5.41) is 0. The highest BCUT2D eigenvalue weighted by Crippen LogP contribution is 2.24. The number of nitrogens with zero attached hydrogens (tertiary/aromatic N) is 2. The van der Waals surface area contributed by atoms with E-state index >= 15 is 0 Å². The number of hydrogen-bond acceptors (Lipinski definition) is 2. The maximum atomic E-state index is 12.9. The van der Waals surface area contributed by atoms with E-state index in [1.165, 1.54) is 12.1 Å². The number of fused-ring (bicyclic) bond motifs is 1. The average Bonchev–Trinajstić information content (AvgIpc) is 2.76. The quantitative estimate of drug-likeness (QED) is 0.658. The second-order valence-electron chi connectivity index (χ2n) is 4.37. The second kappa shape index (κ2) is 4.31. The van der Waals surface area contributed by atoms with Gasteiger partial charge < -0.3 is 4.57 Å². The average molecular weight is 254 g/mol. The van der Waals surface area contributed by atoms with Crippen molar-refractivity contribution in [2.45, 2.75) is 0 Å². The van der Waals surface area contributed by atoms with Crippen LogP contribution >= 0.6 is 0 Å². The van der Waals surface area contributed by atoms with Gasteiger partial charge in [-0.25, -0.2) is 9.37 Å². The summed E-state index contributed by atoms with van der Waals surface area (Å²) >= 11 is 0. The highest BCUT2D eigenvalue weighted by Gasteiger charge is 2.10. The van der Waals surface area contributed by atoms with Gasteiger partial charge in [-0.3, -0.25) is 4.79 Å². The van der Waals surface area contributed by atoms with Crippen molar-refractivity contribution in [1.82, 2.24) is 9.55 Å². The Morgan fingerprint density at radius 2 is 1.89 bits per heavy atom. The first-order valence-electron chi connectivity index (χ1n) is 5.86. The third-order valence-corrected chi connectivity index (χ3v) is 3.14. The van der Waals surface area contributed by atoms with Crippen LogP contribution in [-0.4, -0.2) is 15.8 Å². The Bertz CT molecular complexity index is 760. The molecule has 1 aromatic heterocycles. The molecule has 94 valence electrons.